The first-order valence-corrected chi connectivity index (χ1v) is 11.4. The molecule has 5 aliphatic rings. The SMILES string of the molecule is C[C@H]1[C@@H](CCOCc2ccc(F)cc2)O[C@@H]2O[C@@]3(C)CC[C@H]4[C@H](C)CC[C@@H]1[C@@]24OO3. The summed E-state index contributed by atoms with van der Waals surface area (Å²) in [6.45, 7) is 7.63. The monoisotopic (exact) mass is 420 g/mol. The van der Waals surface area contributed by atoms with E-state index in [1.807, 2.05) is 6.92 Å². The molecule has 1 spiro atoms. The van der Waals surface area contributed by atoms with Crippen LogP contribution >= 0.6 is 0 Å². The second kappa shape index (κ2) is 7.82. The summed E-state index contributed by atoms with van der Waals surface area (Å²) in [5.74, 6) is 0.686. The Morgan fingerprint density at radius 2 is 1.87 bits per heavy atom. The van der Waals surface area contributed by atoms with Crippen molar-refractivity contribution >= 4 is 0 Å². The zero-order valence-corrected chi connectivity index (χ0v) is 18.1. The van der Waals surface area contributed by atoms with Crippen molar-refractivity contribution < 1.29 is 28.4 Å². The fraction of sp³-hybridized carbons (Fsp3) is 0.750. The van der Waals surface area contributed by atoms with Crippen LogP contribution in [0.1, 0.15) is 58.4 Å². The molecule has 8 atom stereocenters. The summed E-state index contributed by atoms with van der Waals surface area (Å²) in [5, 5.41) is 0. The van der Waals surface area contributed by atoms with Gasteiger partial charge in [-0.15, -0.1) is 0 Å². The van der Waals surface area contributed by atoms with Crippen LogP contribution in [-0.4, -0.2) is 30.4 Å². The average molecular weight is 421 g/mol. The number of rotatable bonds is 5. The first-order chi connectivity index (χ1) is 14.4. The molecule has 5 nitrogen and oxygen atoms in total. The van der Waals surface area contributed by atoms with Crippen molar-refractivity contribution in [2.75, 3.05) is 6.61 Å². The predicted molar refractivity (Wildman–Crippen MR) is 108 cm³/mol. The van der Waals surface area contributed by atoms with E-state index in [0.29, 0.717) is 36.9 Å². The molecule has 1 aliphatic carbocycles. The Labute approximate surface area is 178 Å². The Hall–Kier alpha value is -1.05. The van der Waals surface area contributed by atoms with Gasteiger partial charge in [-0.2, -0.15) is 0 Å². The van der Waals surface area contributed by atoms with Gasteiger partial charge in [-0.3, -0.25) is 0 Å². The third kappa shape index (κ3) is 3.41. The van der Waals surface area contributed by atoms with E-state index in [4.69, 9.17) is 24.0 Å². The van der Waals surface area contributed by atoms with Crippen molar-refractivity contribution in [1.29, 1.82) is 0 Å². The zero-order chi connectivity index (χ0) is 20.9. The van der Waals surface area contributed by atoms with E-state index < -0.39 is 17.7 Å². The molecule has 2 bridgehead atoms. The largest absolute Gasteiger partial charge is 0.377 e. The molecule has 166 valence electrons. The second-order valence-corrected chi connectivity index (χ2v) is 9.91. The van der Waals surface area contributed by atoms with Gasteiger partial charge in [-0.25, -0.2) is 14.2 Å². The topological polar surface area (TPSA) is 46.2 Å². The lowest BCUT2D eigenvalue weighted by Crippen LogP contribution is -2.70. The Morgan fingerprint density at radius 3 is 2.67 bits per heavy atom. The van der Waals surface area contributed by atoms with Crippen LogP contribution in [0.3, 0.4) is 0 Å². The van der Waals surface area contributed by atoms with Crippen molar-refractivity contribution in [2.45, 2.75) is 83.3 Å². The smallest absolute Gasteiger partial charge is 0.201 e. The van der Waals surface area contributed by atoms with Gasteiger partial charge in [0.15, 0.2) is 11.9 Å². The molecule has 0 N–H and O–H groups in total. The van der Waals surface area contributed by atoms with Crippen LogP contribution in [0.5, 0.6) is 0 Å². The van der Waals surface area contributed by atoms with Gasteiger partial charge in [0.25, 0.3) is 0 Å². The summed E-state index contributed by atoms with van der Waals surface area (Å²) in [5.41, 5.74) is 0.471. The minimum absolute atomic E-state index is 0.0550. The van der Waals surface area contributed by atoms with Crippen LogP contribution in [0.25, 0.3) is 0 Å². The lowest BCUT2D eigenvalue weighted by Gasteiger charge is -2.60. The molecule has 30 heavy (non-hydrogen) atoms. The second-order valence-electron chi connectivity index (χ2n) is 9.91. The molecule has 6 rings (SSSR count). The van der Waals surface area contributed by atoms with Gasteiger partial charge in [0.1, 0.15) is 5.82 Å². The standard InChI is InChI=1S/C24H33FO5/c1-15-4-9-20-16(2)21(11-13-26-14-17-5-7-18(25)8-6-17)27-22-24(20)19(15)10-12-23(3,28-22)29-30-24/h5-8,15-16,19-22H,4,9-14H2,1-3H3/t15-,16-,19+,20+,21-,22-,23-,24-/m1/s1. The van der Waals surface area contributed by atoms with Crippen LogP contribution in [0, 0.1) is 29.5 Å². The molecule has 4 aliphatic heterocycles. The van der Waals surface area contributed by atoms with Gasteiger partial charge >= 0.3 is 0 Å². The Kier molecular flexibility index (Phi) is 5.43. The number of fused-ring (bicyclic) bond motifs is 2. The van der Waals surface area contributed by atoms with Crippen LogP contribution in [0.4, 0.5) is 4.39 Å². The van der Waals surface area contributed by atoms with Crippen LogP contribution in [-0.2, 0) is 30.6 Å². The fourth-order valence-corrected chi connectivity index (χ4v) is 6.28. The summed E-state index contributed by atoms with van der Waals surface area (Å²) < 4.78 is 31.9. The Balaban J connectivity index is 1.27. The maximum absolute atomic E-state index is 13.1. The summed E-state index contributed by atoms with van der Waals surface area (Å²) in [4.78, 5) is 12.1. The Morgan fingerprint density at radius 1 is 1.07 bits per heavy atom. The van der Waals surface area contributed by atoms with Crippen molar-refractivity contribution in [3.8, 4) is 0 Å². The lowest BCUT2D eigenvalue weighted by atomic mass is 9.57. The summed E-state index contributed by atoms with van der Waals surface area (Å²) in [6, 6.07) is 6.45. The quantitative estimate of drug-likeness (QED) is 0.496. The van der Waals surface area contributed by atoms with E-state index in [1.54, 1.807) is 12.1 Å². The molecule has 4 heterocycles. The van der Waals surface area contributed by atoms with Gasteiger partial charge in [-0.05, 0) is 68.1 Å². The zero-order valence-electron chi connectivity index (χ0n) is 18.1. The molecule has 1 aromatic carbocycles. The van der Waals surface area contributed by atoms with Crippen molar-refractivity contribution in [2.24, 2.45) is 23.7 Å². The maximum Gasteiger partial charge on any atom is 0.201 e. The number of halogens is 1. The first kappa shape index (κ1) is 20.8. The maximum atomic E-state index is 13.1. The molecular formula is C24H33FO5. The van der Waals surface area contributed by atoms with Crippen LogP contribution < -0.4 is 0 Å². The van der Waals surface area contributed by atoms with E-state index in [1.165, 1.54) is 18.6 Å². The molecule has 0 amide bonds. The van der Waals surface area contributed by atoms with E-state index >= 15 is 0 Å². The van der Waals surface area contributed by atoms with Gasteiger partial charge in [0.05, 0.1) is 12.7 Å². The van der Waals surface area contributed by atoms with Gasteiger partial charge < -0.3 is 14.2 Å². The van der Waals surface area contributed by atoms with E-state index in [2.05, 4.69) is 13.8 Å². The van der Waals surface area contributed by atoms with E-state index in [9.17, 15) is 4.39 Å². The van der Waals surface area contributed by atoms with Crippen molar-refractivity contribution in [3.05, 3.63) is 35.6 Å². The highest BCUT2D eigenvalue weighted by molar-refractivity contribution is 5.15. The van der Waals surface area contributed by atoms with Crippen LogP contribution in [0.15, 0.2) is 24.3 Å². The molecule has 1 aromatic rings. The molecule has 0 aromatic heterocycles. The number of benzene rings is 1. The fourth-order valence-electron chi connectivity index (χ4n) is 6.28. The van der Waals surface area contributed by atoms with Crippen molar-refractivity contribution in [1.82, 2.24) is 0 Å². The van der Waals surface area contributed by atoms with Crippen molar-refractivity contribution in [3.63, 3.8) is 0 Å². The highest BCUT2D eigenvalue weighted by Crippen LogP contribution is 2.60. The molecule has 6 heteroatoms. The molecule has 5 fully saturated rings. The molecule has 0 radical (unpaired) electrons. The third-order valence-corrected chi connectivity index (χ3v) is 8.02. The normalized spacial score (nSPS) is 45.1. The number of hydrogen-bond acceptors (Lipinski definition) is 5. The molecular weight excluding hydrogens is 387 g/mol. The number of hydrogen-bond donors (Lipinski definition) is 0. The highest BCUT2D eigenvalue weighted by atomic mass is 19.1. The van der Waals surface area contributed by atoms with E-state index in [0.717, 1.165) is 31.2 Å². The Bertz CT molecular complexity index is 756. The predicted octanol–water partition coefficient (Wildman–Crippen LogP) is 4.98. The number of ether oxygens (including phenoxy) is 3. The van der Waals surface area contributed by atoms with Gasteiger partial charge in [0.2, 0.25) is 5.79 Å². The summed E-state index contributed by atoms with van der Waals surface area (Å²) in [7, 11) is 0. The lowest BCUT2D eigenvalue weighted by molar-refractivity contribution is -0.571. The third-order valence-electron chi connectivity index (χ3n) is 8.02. The summed E-state index contributed by atoms with van der Waals surface area (Å²) >= 11 is 0. The van der Waals surface area contributed by atoms with Gasteiger partial charge in [-0.1, -0.05) is 26.0 Å². The van der Waals surface area contributed by atoms with Gasteiger partial charge in [0, 0.05) is 18.9 Å². The highest BCUT2D eigenvalue weighted by Gasteiger charge is 2.69. The average Bonchev–Trinajstić information content (AvgIpc) is 2.96. The first-order valence-electron chi connectivity index (χ1n) is 11.4. The molecule has 0 unspecified atom stereocenters. The van der Waals surface area contributed by atoms with E-state index in [-0.39, 0.29) is 11.9 Å². The minimum Gasteiger partial charge on any atom is -0.377 e. The molecule has 1 saturated carbocycles. The minimum atomic E-state index is -0.734. The molecule has 4 saturated heterocycles. The summed E-state index contributed by atoms with van der Waals surface area (Å²) in [6.07, 6.45) is 4.65. The van der Waals surface area contributed by atoms with Crippen LogP contribution in [0.2, 0.25) is 0 Å².